The fourth-order valence-electron chi connectivity index (χ4n) is 2.64. The SMILES string of the molecule is COC(=O)COc1ccc(N2CCN(C(=O)OC(C)(C)C)CC2)cc1[N+](=O)[O-]. The number of carbonyl (C=O) groups excluding carboxylic acids is 2. The van der Waals surface area contributed by atoms with E-state index in [4.69, 9.17) is 9.47 Å². The number of methoxy groups -OCH3 is 1. The lowest BCUT2D eigenvalue weighted by Crippen LogP contribution is -2.50. The summed E-state index contributed by atoms with van der Waals surface area (Å²) in [4.78, 5) is 37.7. The highest BCUT2D eigenvalue weighted by molar-refractivity contribution is 5.71. The van der Waals surface area contributed by atoms with Crippen molar-refractivity contribution in [3.05, 3.63) is 28.3 Å². The zero-order valence-corrected chi connectivity index (χ0v) is 16.5. The molecule has 0 aliphatic carbocycles. The van der Waals surface area contributed by atoms with E-state index in [0.29, 0.717) is 31.9 Å². The second-order valence-electron chi connectivity index (χ2n) is 7.23. The summed E-state index contributed by atoms with van der Waals surface area (Å²) < 4.78 is 15.0. The molecule has 0 saturated carbocycles. The van der Waals surface area contributed by atoms with Crippen LogP contribution in [-0.4, -0.2) is 67.4 Å². The van der Waals surface area contributed by atoms with Crippen molar-refractivity contribution in [3.63, 3.8) is 0 Å². The molecule has 154 valence electrons. The summed E-state index contributed by atoms with van der Waals surface area (Å²) in [6, 6.07) is 4.54. The Morgan fingerprint density at radius 1 is 1.18 bits per heavy atom. The average Bonchev–Trinajstić information content (AvgIpc) is 2.64. The highest BCUT2D eigenvalue weighted by atomic mass is 16.6. The van der Waals surface area contributed by atoms with E-state index in [-0.39, 0.29) is 17.5 Å². The van der Waals surface area contributed by atoms with Crippen LogP contribution in [0.5, 0.6) is 5.75 Å². The molecule has 1 aromatic rings. The molecule has 0 radical (unpaired) electrons. The molecule has 1 aromatic carbocycles. The Morgan fingerprint density at radius 2 is 1.82 bits per heavy atom. The van der Waals surface area contributed by atoms with E-state index in [9.17, 15) is 19.7 Å². The number of carbonyl (C=O) groups is 2. The second-order valence-corrected chi connectivity index (χ2v) is 7.23. The Kier molecular flexibility index (Phi) is 6.66. The van der Waals surface area contributed by atoms with Gasteiger partial charge < -0.3 is 24.0 Å². The predicted molar refractivity (Wildman–Crippen MR) is 101 cm³/mol. The van der Waals surface area contributed by atoms with E-state index < -0.39 is 23.1 Å². The van der Waals surface area contributed by atoms with Crippen LogP contribution in [0.15, 0.2) is 18.2 Å². The van der Waals surface area contributed by atoms with Crippen LogP contribution in [0.4, 0.5) is 16.2 Å². The van der Waals surface area contributed by atoms with Crippen LogP contribution in [-0.2, 0) is 14.3 Å². The Morgan fingerprint density at radius 3 is 2.36 bits per heavy atom. The lowest BCUT2D eigenvalue weighted by molar-refractivity contribution is -0.385. The van der Waals surface area contributed by atoms with E-state index in [1.54, 1.807) is 11.0 Å². The first-order valence-electron chi connectivity index (χ1n) is 8.81. The highest BCUT2D eigenvalue weighted by Gasteiger charge is 2.27. The first-order valence-corrected chi connectivity index (χ1v) is 8.81. The summed E-state index contributed by atoms with van der Waals surface area (Å²) in [6.45, 7) is 6.94. The number of anilines is 1. The molecule has 2 rings (SSSR count). The number of hydrogen-bond donors (Lipinski definition) is 0. The lowest BCUT2D eigenvalue weighted by Gasteiger charge is -2.36. The van der Waals surface area contributed by atoms with Crippen molar-refractivity contribution < 1.29 is 28.7 Å². The molecule has 0 atom stereocenters. The maximum absolute atomic E-state index is 12.1. The first kappa shape index (κ1) is 21.3. The van der Waals surface area contributed by atoms with Gasteiger partial charge in [-0.15, -0.1) is 0 Å². The Balaban J connectivity index is 2.04. The molecule has 0 N–H and O–H groups in total. The number of piperazine rings is 1. The van der Waals surface area contributed by atoms with E-state index in [1.807, 2.05) is 25.7 Å². The monoisotopic (exact) mass is 395 g/mol. The van der Waals surface area contributed by atoms with Gasteiger partial charge in [0.05, 0.1) is 12.0 Å². The molecule has 1 fully saturated rings. The van der Waals surface area contributed by atoms with Gasteiger partial charge in [0.2, 0.25) is 0 Å². The summed E-state index contributed by atoms with van der Waals surface area (Å²) in [7, 11) is 1.21. The molecule has 0 bridgehead atoms. The molecule has 1 saturated heterocycles. The lowest BCUT2D eigenvalue weighted by atomic mass is 10.2. The third kappa shape index (κ3) is 5.73. The van der Waals surface area contributed by atoms with Gasteiger partial charge in [-0.25, -0.2) is 9.59 Å². The van der Waals surface area contributed by atoms with Crippen LogP contribution in [0.3, 0.4) is 0 Å². The number of nitro benzene ring substituents is 1. The van der Waals surface area contributed by atoms with Gasteiger partial charge in [0.15, 0.2) is 12.4 Å². The molecule has 10 nitrogen and oxygen atoms in total. The van der Waals surface area contributed by atoms with Gasteiger partial charge in [0.1, 0.15) is 5.60 Å². The number of esters is 1. The average molecular weight is 395 g/mol. The van der Waals surface area contributed by atoms with Crippen LogP contribution in [0.1, 0.15) is 20.8 Å². The van der Waals surface area contributed by atoms with Gasteiger partial charge in [0.25, 0.3) is 0 Å². The minimum absolute atomic E-state index is 0.00783. The summed E-state index contributed by atoms with van der Waals surface area (Å²) in [6.07, 6.45) is -0.371. The van der Waals surface area contributed by atoms with Crippen LogP contribution in [0, 0.1) is 10.1 Å². The highest BCUT2D eigenvalue weighted by Crippen LogP contribution is 2.32. The molecule has 1 aliphatic heterocycles. The minimum atomic E-state index is -0.628. The molecule has 10 heteroatoms. The standard InChI is InChI=1S/C18H25N3O7/c1-18(2,3)28-17(23)20-9-7-19(8-10-20)13-5-6-15(14(11-13)21(24)25)27-12-16(22)26-4/h5-6,11H,7-10,12H2,1-4H3. The molecule has 0 unspecified atom stereocenters. The van der Waals surface area contributed by atoms with Gasteiger partial charge in [-0.2, -0.15) is 0 Å². The van der Waals surface area contributed by atoms with E-state index in [0.717, 1.165) is 0 Å². The molecular formula is C18H25N3O7. The number of nitrogens with zero attached hydrogens (tertiary/aromatic N) is 3. The molecule has 0 spiro atoms. The summed E-state index contributed by atoms with van der Waals surface area (Å²) in [5.41, 5.74) is -0.161. The second kappa shape index (κ2) is 8.77. The van der Waals surface area contributed by atoms with Gasteiger partial charge in [-0.1, -0.05) is 0 Å². The quantitative estimate of drug-likeness (QED) is 0.424. The van der Waals surface area contributed by atoms with Crippen molar-refractivity contribution in [2.24, 2.45) is 0 Å². The molecule has 1 aliphatic rings. The normalized spacial score (nSPS) is 14.4. The number of amides is 1. The van der Waals surface area contributed by atoms with E-state index >= 15 is 0 Å². The van der Waals surface area contributed by atoms with Gasteiger partial charge in [-0.05, 0) is 32.9 Å². The zero-order chi connectivity index (χ0) is 20.9. The molecule has 1 amide bonds. The van der Waals surface area contributed by atoms with Gasteiger partial charge in [0, 0.05) is 37.9 Å². The van der Waals surface area contributed by atoms with Crippen molar-refractivity contribution in [3.8, 4) is 5.75 Å². The van der Waals surface area contributed by atoms with Crippen molar-refractivity contribution in [2.75, 3.05) is 44.8 Å². The van der Waals surface area contributed by atoms with E-state index in [2.05, 4.69) is 4.74 Å². The van der Waals surface area contributed by atoms with Crippen LogP contribution in [0.25, 0.3) is 0 Å². The number of rotatable bonds is 5. The fraction of sp³-hybridized carbons (Fsp3) is 0.556. The maximum Gasteiger partial charge on any atom is 0.410 e. The predicted octanol–water partition coefficient (Wildman–Crippen LogP) is 2.20. The Bertz CT molecular complexity index is 737. The fourth-order valence-corrected chi connectivity index (χ4v) is 2.64. The number of nitro groups is 1. The maximum atomic E-state index is 12.1. The van der Waals surface area contributed by atoms with Crippen molar-refractivity contribution in [1.82, 2.24) is 4.90 Å². The van der Waals surface area contributed by atoms with Crippen LogP contribution >= 0.6 is 0 Å². The number of hydrogen-bond acceptors (Lipinski definition) is 8. The molecule has 28 heavy (non-hydrogen) atoms. The van der Waals surface area contributed by atoms with Crippen LogP contribution in [0.2, 0.25) is 0 Å². The molecular weight excluding hydrogens is 370 g/mol. The Hall–Kier alpha value is -3.04. The van der Waals surface area contributed by atoms with Gasteiger partial charge >= 0.3 is 17.7 Å². The first-order chi connectivity index (χ1) is 13.1. The smallest absolute Gasteiger partial charge is 0.410 e. The largest absolute Gasteiger partial charge is 0.475 e. The minimum Gasteiger partial charge on any atom is -0.475 e. The summed E-state index contributed by atoms with van der Waals surface area (Å²) in [5.74, 6) is -0.636. The Labute approximate surface area is 163 Å². The van der Waals surface area contributed by atoms with Crippen molar-refractivity contribution in [2.45, 2.75) is 26.4 Å². The summed E-state index contributed by atoms with van der Waals surface area (Å²) in [5, 5.41) is 11.4. The summed E-state index contributed by atoms with van der Waals surface area (Å²) >= 11 is 0. The van der Waals surface area contributed by atoms with Crippen LogP contribution < -0.4 is 9.64 Å². The molecule has 1 heterocycles. The van der Waals surface area contributed by atoms with Gasteiger partial charge in [-0.3, -0.25) is 10.1 Å². The third-order valence-corrected chi connectivity index (χ3v) is 4.01. The zero-order valence-electron chi connectivity index (χ0n) is 16.5. The third-order valence-electron chi connectivity index (χ3n) is 4.01. The van der Waals surface area contributed by atoms with Crippen molar-refractivity contribution >= 4 is 23.4 Å². The topological polar surface area (TPSA) is 111 Å². The van der Waals surface area contributed by atoms with E-state index in [1.165, 1.54) is 19.2 Å². The van der Waals surface area contributed by atoms with Crippen molar-refractivity contribution in [1.29, 1.82) is 0 Å². The number of ether oxygens (including phenoxy) is 3. The molecule has 0 aromatic heterocycles. The number of benzene rings is 1.